The minimum atomic E-state index is -3.78. The molecule has 0 bridgehead atoms. The van der Waals surface area contributed by atoms with Crippen molar-refractivity contribution in [3.63, 3.8) is 0 Å². The molecule has 0 aromatic heterocycles. The van der Waals surface area contributed by atoms with E-state index in [0.29, 0.717) is 25.2 Å². The lowest BCUT2D eigenvalue weighted by Gasteiger charge is -2.26. The van der Waals surface area contributed by atoms with Crippen molar-refractivity contribution in [3.05, 3.63) is 71.1 Å². The van der Waals surface area contributed by atoms with E-state index in [9.17, 15) is 13.2 Å². The second kappa shape index (κ2) is 14.5. The van der Waals surface area contributed by atoms with Crippen molar-refractivity contribution in [1.82, 2.24) is 15.0 Å². The van der Waals surface area contributed by atoms with Crippen LogP contribution in [0.5, 0.6) is 5.75 Å². The Morgan fingerprint density at radius 2 is 1.98 bits per heavy atom. The summed E-state index contributed by atoms with van der Waals surface area (Å²) in [5, 5.41) is 3.18. The molecule has 0 saturated carbocycles. The Morgan fingerprint density at radius 3 is 2.65 bits per heavy atom. The van der Waals surface area contributed by atoms with Gasteiger partial charge in [-0.1, -0.05) is 44.2 Å². The summed E-state index contributed by atoms with van der Waals surface area (Å²) in [5.41, 5.74) is 6.43. The van der Waals surface area contributed by atoms with Gasteiger partial charge >= 0.3 is 5.97 Å². The smallest absolute Gasteiger partial charge is 0.306 e. The lowest BCUT2D eigenvalue weighted by atomic mass is 9.84. The van der Waals surface area contributed by atoms with E-state index < -0.39 is 10.0 Å². The van der Waals surface area contributed by atoms with Crippen LogP contribution in [0.3, 0.4) is 0 Å². The van der Waals surface area contributed by atoms with Crippen LogP contribution in [0.15, 0.2) is 59.3 Å². The van der Waals surface area contributed by atoms with Crippen molar-refractivity contribution in [2.45, 2.75) is 77.3 Å². The predicted octanol–water partition coefficient (Wildman–Crippen LogP) is 4.33. The predicted molar refractivity (Wildman–Crippen MR) is 157 cm³/mol. The highest BCUT2D eigenvalue weighted by atomic mass is 32.2. The zero-order valence-corrected chi connectivity index (χ0v) is 25.1. The van der Waals surface area contributed by atoms with Gasteiger partial charge in [0.05, 0.1) is 19.6 Å². The number of ether oxygens (including phenoxy) is 2. The van der Waals surface area contributed by atoms with E-state index >= 15 is 0 Å². The van der Waals surface area contributed by atoms with Gasteiger partial charge in [-0.2, -0.15) is 4.31 Å². The number of carbonyl (C=O) groups is 1. The highest BCUT2D eigenvalue weighted by Gasteiger charge is 2.34. The average molecular weight is 573 g/mol. The molecule has 2 aromatic rings. The van der Waals surface area contributed by atoms with Crippen LogP contribution in [0.4, 0.5) is 0 Å². The lowest BCUT2D eigenvalue weighted by molar-refractivity contribution is -0.143. The normalized spacial score (nSPS) is 18.6. The minimum Gasteiger partial charge on any atom is -0.488 e. The molecule has 3 atom stereocenters. The zero-order valence-electron chi connectivity index (χ0n) is 24.3. The number of rotatable bonds is 13. The Hall–Kier alpha value is -3.08. The van der Waals surface area contributed by atoms with Crippen LogP contribution in [0.1, 0.15) is 69.6 Å². The van der Waals surface area contributed by atoms with Gasteiger partial charge in [0.25, 0.3) is 0 Å². The molecule has 0 fully saturated rings. The van der Waals surface area contributed by atoms with Crippen LogP contribution in [0, 0.1) is 12.8 Å². The number of hydrogen-bond donors (Lipinski definition) is 3. The number of aryl methyl sites for hydroxylation is 1. The van der Waals surface area contributed by atoms with Gasteiger partial charge in [0.1, 0.15) is 16.7 Å². The number of carbonyl (C=O) groups excluding carboxylic acids is 1. The summed E-state index contributed by atoms with van der Waals surface area (Å²) in [4.78, 5) is 12.8. The molecule has 2 aromatic carbocycles. The lowest BCUT2D eigenvalue weighted by Crippen LogP contribution is -2.36. The maximum atomic E-state index is 13.7. The summed E-state index contributed by atoms with van der Waals surface area (Å²) >= 11 is 0. The number of nitrogens with two attached hydrogens (primary N) is 1. The van der Waals surface area contributed by atoms with Crippen LogP contribution in [0.25, 0.3) is 0 Å². The van der Waals surface area contributed by atoms with Crippen molar-refractivity contribution < 1.29 is 22.7 Å². The molecular weight excluding hydrogens is 528 g/mol. The largest absolute Gasteiger partial charge is 0.488 e. The van der Waals surface area contributed by atoms with Gasteiger partial charge in [0, 0.05) is 25.0 Å². The highest BCUT2D eigenvalue weighted by molar-refractivity contribution is 7.89. The van der Waals surface area contributed by atoms with Crippen LogP contribution < -0.4 is 21.3 Å². The third-order valence-corrected chi connectivity index (χ3v) is 9.18. The standard InChI is InChI=1S/C30H44N4O5S/c1-6-26-20-34(40(36,37)29-12-10-9-11-28(29)39-26)19-25-16-23(14-13-21(25)4)24(17-30(35)38-8-3)15-22(5)27(33-31)18-32-7-2/h9-14,16,18,22,24,26,32-33H,6-8,15,17,19-20,31H2,1-5H3/b27-18-/t22?,24?,26-/m1/s1. The molecule has 0 saturated heterocycles. The molecule has 40 heavy (non-hydrogen) atoms. The maximum absolute atomic E-state index is 13.7. The van der Waals surface area contributed by atoms with Gasteiger partial charge < -0.3 is 20.2 Å². The van der Waals surface area contributed by atoms with Gasteiger partial charge in [0.15, 0.2) is 0 Å². The van der Waals surface area contributed by atoms with Crippen LogP contribution >= 0.6 is 0 Å². The topological polar surface area (TPSA) is 123 Å². The van der Waals surface area contributed by atoms with Crippen LogP contribution in [-0.2, 0) is 26.1 Å². The maximum Gasteiger partial charge on any atom is 0.306 e. The molecular formula is C30H44N4O5S. The Labute approximate surface area is 239 Å². The first-order valence-corrected chi connectivity index (χ1v) is 15.5. The Morgan fingerprint density at radius 1 is 1.23 bits per heavy atom. The third kappa shape index (κ3) is 7.77. The molecule has 0 aliphatic carbocycles. The Bertz CT molecular complexity index is 1280. The highest BCUT2D eigenvalue weighted by Crippen LogP contribution is 2.35. The van der Waals surface area contributed by atoms with Crippen LogP contribution in [0.2, 0.25) is 0 Å². The van der Waals surface area contributed by atoms with E-state index in [1.54, 1.807) is 31.2 Å². The fourth-order valence-electron chi connectivity index (χ4n) is 4.96. The van der Waals surface area contributed by atoms with E-state index in [0.717, 1.165) is 28.9 Å². The molecule has 0 spiro atoms. The number of sulfonamides is 1. The van der Waals surface area contributed by atoms with Crippen molar-refractivity contribution in [2.75, 3.05) is 19.7 Å². The molecule has 2 unspecified atom stereocenters. The molecule has 1 aliphatic heterocycles. The summed E-state index contributed by atoms with van der Waals surface area (Å²) in [6.07, 6.45) is 3.13. The summed E-state index contributed by atoms with van der Waals surface area (Å²) < 4.78 is 40.3. The molecule has 3 rings (SSSR count). The molecule has 10 heteroatoms. The SMILES string of the molecule is CCN/C=C(\NN)C(C)CC(CC(=O)OCC)c1ccc(C)c(CN2C[C@@H](CC)Oc3ccccc3S2(=O)=O)c1. The van der Waals surface area contributed by atoms with E-state index in [2.05, 4.69) is 17.7 Å². The van der Waals surface area contributed by atoms with Crippen LogP contribution in [-0.4, -0.2) is 44.5 Å². The summed E-state index contributed by atoms with van der Waals surface area (Å²) in [6, 6.07) is 12.9. The molecule has 4 N–H and O–H groups in total. The number of esters is 1. The van der Waals surface area contributed by atoms with Crippen molar-refractivity contribution in [2.24, 2.45) is 11.8 Å². The molecule has 0 amide bonds. The molecule has 9 nitrogen and oxygen atoms in total. The van der Waals surface area contributed by atoms with E-state index in [4.69, 9.17) is 15.3 Å². The van der Waals surface area contributed by atoms with E-state index in [1.807, 2.05) is 45.2 Å². The Balaban J connectivity index is 1.96. The number of fused-ring (bicyclic) bond motifs is 1. The van der Waals surface area contributed by atoms with E-state index in [1.165, 1.54) is 4.31 Å². The fraction of sp³-hybridized carbons (Fsp3) is 0.500. The first-order valence-electron chi connectivity index (χ1n) is 14.0. The van der Waals surface area contributed by atoms with Gasteiger partial charge in [-0.15, -0.1) is 0 Å². The second-order valence-corrected chi connectivity index (χ2v) is 12.1. The van der Waals surface area contributed by atoms with Gasteiger partial charge in [-0.3, -0.25) is 10.6 Å². The number of allylic oxidation sites excluding steroid dienone is 1. The zero-order chi connectivity index (χ0) is 29.3. The number of hydrazine groups is 1. The minimum absolute atomic E-state index is 0.0261. The van der Waals surface area contributed by atoms with Gasteiger partial charge in [0.2, 0.25) is 10.0 Å². The van der Waals surface area contributed by atoms with Gasteiger partial charge in [-0.25, -0.2) is 8.42 Å². The number of nitrogens with one attached hydrogen (secondary N) is 2. The summed E-state index contributed by atoms with van der Waals surface area (Å²) in [5.74, 6) is 5.79. The molecule has 1 aliphatic rings. The van der Waals surface area contributed by atoms with Crippen molar-refractivity contribution in [1.29, 1.82) is 0 Å². The molecule has 220 valence electrons. The first kappa shape index (κ1) is 31.4. The monoisotopic (exact) mass is 572 g/mol. The van der Waals surface area contributed by atoms with Crippen molar-refractivity contribution in [3.8, 4) is 5.75 Å². The number of benzene rings is 2. The average Bonchev–Trinajstić information content (AvgIpc) is 3.03. The van der Waals surface area contributed by atoms with Gasteiger partial charge in [-0.05, 0) is 74.3 Å². The third-order valence-electron chi connectivity index (χ3n) is 7.33. The molecule has 0 radical (unpaired) electrons. The number of para-hydroxylation sites is 1. The van der Waals surface area contributed by atoms with Crippen molar-refractivity contribution >= 4 is 16.0 Å². The number of nitrogens with zero attached hydrogens (tertiary/aromatic N) is 1. The first-order chi connectivity index (χ1) is 19.1. The second-order valence-electron chi connectivity index (χ2n) is 10.2. The quantitative estimate of drug-likeness (QED) is 0.184. The fourth-order valence-corrected chi connectivity index (χ4v) is 6.53. The number of hydrogen-bond acceptors (Lipinski definition) is 8. The Kier molecular flexibility index (Phi) is 11.4. The summed E-state index contributed by atoms with van der Waals surface area (Å²) in [7, 11) is -3.78. The molecule has 1 heterocycles. The summed E-state index contributed by atoms with van der Waals surface area (Å²) in [6.45, 7) is 11.4. The van der Waals surface area contributed by atoms with E-state index in [-0.39, 0.29) is 48.3 Å².